The van der Waals surface area contributed by atoms with Crippen molar-refractivity contribution in [2.75, 3.05) is 6.61 Å². The number of allylic oxidation sites excluding steroid dienone is 1. The molecule has 0 N–H and O–H groups in total. The second-order valence-electron chi connectivity index (χ2n) is 10.8. The molecule has 3 atom stereocenters. The summed E-state index contributed by atoms with van der Waals surface area (Å²) in [4.78, 5) is 0. The van der Waals surface area contributed by atoms with Crippen molar-refractivity contribution in [2.24, 2.45) is 0 Å². The van der Waals surface area contributed by atoms with Gasteiger partial charge in [-0.25, -0.2) is 0 Å². The molecule has 0 aromatic heterocycles. The molecule has 2 heterocycles. The van der Waals surface area contributed by atoms with Gasteiger partial charge >= 0.3 is 0 Å². The van der Waals surface area contributed by atoms with Gasteiger partial charge in [0, 0.05) is 12.5 Å². The van der Waals surface area contributed by atoms with Crippen LogP contribution in [0.2, 0.25) is 55.9 Å². The first kappa shape index (κ1) is 28.9. The second-order valence-corrected chi connectivity index (χ2v) is 25.0. The van der Waals surface area contributed by atoms with Crippen LogP contribution < -0.4 is 0 Å². The molecule has 0 amide bonds. The molecular formula is C26H50O4Si3. The summed E-state index contributed by atoms with van der Waals surface area (Å²) in [5.41, 5.74) is 3.48. The van der Waals surface area contributed by atoms with E-state index in [1.165, 1.54) is 0 Å². The quantitative estimate of drug-likeness (QED) is 0.226. The van der Waals surface area contributed by atoms with E-state index in [0.717, 1.165) is 67.9 Å². The van der Waals surface area contributed by atoms with E-state index in [4.69, 9.17) is 18.3 Å². The van der Waals surface area contributed by atoms with E-state index in [9.17, 15) is 0 Å². The highest BCUT2D eigenvalue weighted by Gasteiger charge is 2.59. The third-order valence-electron chi connectivity index (χ3n) is 7.83. The predicted molar refractivity (Wildman–Crippen MR) is 147 cm³/mol. The lowest BCUT2D eigenvalue weighted by Crippen LogP contribution is -2.56. The molecule has 0 bridgehead atoms. The molecular weight excluding hydrogens is 461 g/mol. The number of rotatable bonds is 10. The minimum Gasteiger partial charge on any atom is -0.460 e. The van der Waals surface area contributed by atoms with Gasteiger partial charge in [-0.15, -0.1) is 5.54 Å². The molecule has 0 aromatic carbocycles. The van der Waals surface area contributed by atoms with Crippen LogP contribution in [0.15, 0.2) is 11.8 Å². The molecule has 0 aromatic rings. The van der Waals surface area contributed by atoms with Crippen molar-refractivity contribution in [1.82, 2.24) is 0 Å². The van der Waals surface area contributed by atoms with Gasteiger partial charge in [0.05, 0.1) is 6.61 Å². The first-order chi connectivity index (χ1) is 15.6. The molecule has 4 nitrogen and oxygen atoms in total. The van der Waals surface area contributed by atoms with Gasteiger partial charge < -0.3 is 18.3 Å². The maximum Gasteiger partial charge on any atom is 0.238 e. The van der Waals surface area contributed by atoms with Crippen LogP contribution in [0.25, 0.3) is 0 Å². The van der Waals surface area contributed by atoms with E-state index in [-0.39, 0.29) is 12.2 Å². The highest BCUT2D eigenvalue weighted by Crippen LogP contribution is 2.47. The van der Waals surface area contributed by atoms with Crippen molar-refractivity contribution in [1.29, 1.82) is 0 Å². The molecule has 2 saturated heterocycles. The molecule has 2 aliphatic rings. The van der Waals surface area contributed by atoms with Crippen LogP contribution in [0.1, 0.15) is 60.8 Å². The molecule has 2 rings (SSSR count). The third kappa shape index (κ3) is 6.86. The zero-order chi connectivity index (χ0) is 24.8. The Morgan fingerprint density at radius 2 is 1.42 bits per heavy atom. The van der Waals surface area contributed by atoms with Crippen LogP contribution in [0.5, 0.6) is 0 Å². The van der Waals surface area contributed by atoms with Crippen LogP contribution in [0.4, 0.5) is 0 Å². The molecule has 190 valence electrons. The molecule has 33 heavy (non-hydrogen) atoms. The first-order valence-corrected chi connectivity index (χ1v) is 22.0. The van der Waals surface area contributed by atoms with Crippen molar-refractivity contribution in [3.63, 3.8) is 0 Å². The fourth-order valence-corrected chi connectivity index (χ4v) is 11.2. The summed E-state index contributed by atoms with van der Waals surface area (Å²) in [6.45, 7) is 21.3. The molecule has 2 aliphatic heterocycles. The van der Waals surface area contributed by atoms with Crippen LogP contribution in [0, 0.1) is 11.5 Å². The summed E-state index contributed by atoms with van der Waals surface area (Å²) in [7, 11) is -5.31. The van der Waals surface area contributed by atoms with Crippen molar-refractivity contribution in [3.05, 3.63) is 11.8 Å². The van der Waals surface area contributed by atoms with Gasteiger partial charge in [0.25, 0.3) is 0 Å². The van der Waals surface area contributed by atoms with Gasteiger partial charge in [-0.1, -0.05) is 67.1 Å². The Bertz CT molecular complexity index is 689. The lowest BCUT2D eigenvalue weighted by atomic mass is 9.98. The molecule has 0 unspecified atom stereocenters. The smallest absolute Gasteiger partial charge is 0.238 e. The van der Waals surface area contributed by atoms with Crippen LogP contribution in [-0.4, -0.2) is 49.3 Å². The van der Waals surface area contributed by atoms with Gasteiger partial charge in [-0.3, -0.25) is 0 Å². The monoisotopic (exact) mass is 510 g/mol. The average molecular weight is 511 g/mol. The summed E-state index contributed by atoms with van der Waals surface area (Å²) < 4.78 is 27.6. The minimum atomic E-state index is -1.91. The predicted octanol–water partition coefficient (Wildman–Crippen LogP) is 7.46. The van der Waals surface area contributed by atoms with E-state index in [1.807, 2.05) is 6.08 Å². The van der Waals surface area contributed by atoms with Gasteiger partial charge in [-0.05, 0) is 49.1 Å². The van der Waals surface area contributed by atoms with Crippen molar-refractivity contribution in [2.45, 2.75) is 135 Å². The largest absolute Gasteiger partial charge is 0.460 e. The van der Waals surface area contributed by atoms with Crippen molar-refractivity contribution in [3.8, 4) is 11.5 Å². The van der Waals surface area contributed by atoms with Crippen molar-refractivity contribution >= 4 is 24.7 Å². The van der Waals surface area contributed by atoms with E-state index in [1.54, 1.807) is 0 Å². The zero-order valence-corrected chi connectivity index (χ0v) is 25.9. The Morgan fingerprint density at radius 1 is 0.879 bits per heavy atom. The van der Waals surface area contributed by atoms with Crippen LogP contribution >= 0.6 is 0 Å². The summed E-state index contributed by atoms with van der Waals surface area (Å²) in [5, 5.41) is 0. The Morgan fingerprint density at radius 3 is 1.88 bits per heavy atom. The molecule has 0 radical (unpaired) electrons. The average Bonchev–Trinajstić information content (AvgIpc) is 3.06. The topological polar surface area (TPSA) is 36.9 Å². The Labute approximate surface area is 207 Å². The van der Waals surface area contributed by atoms with Gasteiger partial charge in [0.15, 0.2) is 16.6 Å². The minimum absolute atomic E-state index is 0.208. The number of ether oxygens (including phenoxy) is 2. The highest BCUT2D eigenvalue weighted by atomic mass is 28.4. The van der Waals surface area contributed by atoms with E-state index < -0.39 is 30.5 Å². The van der Waals surface area contributed by atoms with Crippen molar-refractivity contribution < 1.29 is 18.3 Å². The first-order valence-electron chi connectivity index (χ1n) is 13.5. The molecule has 2 fully saturated rings. The number of hydrogen-bond acceptors (Lipinski definition) is 4. The van der Waals surface area contributed by atoms with E-state index in [2.05, 4.69) is 72.6 Å². The highest BCUT2D eigenvalue weighted by molar-refractivity contribution is 6.83. The fourth-order valence-electron chi connectivity index (χ4n) is 5.04. The van der Waals surface area contributed by atoms with Crippen LogP contribution in [-0.2, 0) is 18.3 Å². The maximum absolute atomic E-state index is 7.22. The third-order valence-corrected chi connectivity index (χ3v) is 18.0. The number of hydrogen-bond donors (Lipinski definition) is 0. The Kier molecular flexibility index (Phi) is 10.5. The Hall–Kier alpha value is -0.369. The summed E-state index contributed by atoms with van der Waals surface area (Å²) >= 11 is 0. The van der Waals surface area contributed by atoms with Gasteiger partial charge in [0.1, 0.15) is 26.0 Å². The lowest BCUT2D eigenvalue weighted by Gasteiger charge is -2.43. The summed E-state index contributed by atoms with van der Waals surface area (Å²) in [6.07, 6.45) is 4.59. The lowest BCUT2D eigenvalue weighted by molar-refractivity contribution is -0.253. The summed E-state index contributed by atoms with van der Waals surface area (Å²) in [6, 6.07) is 6.61. The maximum atomic E-state index is 7.22. The normalized spacial score (nSPS) is 27.5. The molecule has 7 heteroatoms. The zero-order valence-electron chi connectivity index (χ0n) is 22.9. The van der Waals surface area contributed by atoms with Gasteiger partial charge in [0.2, 0.25) is 5.79 Å². The fraction of sp³-hybridized carbons (Fsp3) is 0.846. The van der Waals surface area contributed by atoms with E-state index >= 15 is 0 Å². The molecule has 0 aliphatic carbocycles. The SMILES string of the molecule is CC[Si](CC)(CC)O[C@@H]1[C@@H](O[Si](CC)(CC)CC)/C(=C/C#C[Si](C)(C)C)O[C@@]12CCCCO2. The Balaban J connectivity index is 2.59. The van der Waals surface area contributed by atoms with Crippen LogP contribution in [0.3, 0.4) is 0 Å². The second kappa shape index (κ2) is 12.0. The molecule has 0 saturated carbocycles. The van der Waals surface area contributed by atoms with Gasteiger partial charge in [-0.2, -0.15) is 0 Å². The summed E-state index contributed by atoms with van der Waals surface area (Å²) in [5.74, 6) is 3.45. The standard InChI is InChI=1S/C26H50O4Si3/c1-10-32(11-2,12-3)29-24-23(19-18-22-31(7,8)9)28-26(20-16-17-21-27-26)25(24)30-33(13-4,14-5)15-6/h19,24-25H,10-17,20-21H2,1-9H3/b23-19-/t24-,25+,26-/m0/s1. The molecule has 1 spiro atoms. The van der Waals surface area contributed by atoms with E-state index in [0.29, 0.717) is 0 Å².